The van der Waals surface area contributed by atoms with Crippen molar-refractivity contribution < 1.29 is 34.8 Å². The van der Waals surface area contributed by atoms with Gasteiger partial charge in [0, 0.05) is 32.2 Å². The fraction of sp³-hybridized carbons (Fsp3) is 0.625. The Morgan fingerprint density at radius 3 is 2.26 bits per heavy atom. The van der Waals surface area contributed by atoms with E-state index in [9.17, 15) is 34.8 Å². The Hall–Kier alpha value is -1.33. The largest absolute Gasteiger partial charge is 0.416 e. The molecule has 1 saturated heterocycles. The predicted molar refractivity (Wildman–Crippen MR) is 88.0 cm³/mol. The number of benzene rings is 1. The second kappa shape index (κ2) is 8.36. The quantitative estimate of drug-likeness (QED) is 0.722. The molecule has 1 fully saturated rings. The van der Waals surface area contributed by atoms with Gasteiger partial charge in [-0.1, -0.05) is 12.1 Å². The first kappa shape index (κ1) is 22.0. The number of hydrogen-bond donors (Lipinski definition) is 1. The van der Waals surface area contributed by atoms with Crippen LogP contribution in [0, 0.1) is 0 Å². The van der Waals surface area contributed by atoms with E-state index >= 15 is 0 Å². The van der Waals surface area contributed by atoms with Gasteiger partial charge in [-0.25, -0.2) is 8.42 Å². The zero-order valence-corrected chi connectivity index (χ0v) is 15.1. The van der Waals surface area contributed by atoms with Crippen LogP contribution in [0.1, 0.15) is 23.6 Å². The Kier molecular flexibility index (Phi) is 6.80. The lowest BCUT2D eigenvalue weighted by Gasteiger charge is -2.28. The Morgan fingerprint density at radius 2 is 1.70 bits per heavy atom. The van der Waals surface area contributed by atoms with Gasteiger partial charge < -0.3 is 10.2 Å². The fourth-order valence-electron chi connectivity index (χ4n) is 2.84. The molecule has 0 bridgehead atoms. The molecule has 0 spiro atoms. The molecule has 1 aromatic carbocycles. The monoisotopic (exact) mass is 418 g/mol. The van der Waals surface area contributed by atoms with Crippen molar-refractivity contribution >= 4 is 9.84 Å². The van der Waals surface area contributed by atoms with Crippen LogP contribution in [0.2, 0.25) is 0 Å². The third-order valence-corrected chi connectivity index (χ3v) is 5.92. The summed E-state index contributed by atoms with van der Waals surface area (Å²) in [6, 6.07) is 2.52. The lowest BCUT2D eigenvalue weighted by Crippen LogP contribution is -2.43. The third kappa shape index (κ3) is 7.30. The van der Waals surface area contributed by atoms with Crippen LogP contribution < -0.4 is 5.32 Å². The fourth-order valence-corrected chi connectivity index (χ4v) is 4.12. The summed E-state index contributed by atoms with van der Waals surface area (Å²) in [5.74, 6) is -0.0147. The first-order valence-electron chi connectivity index (χ1n) is 8.26. The van der Waals surface area contributed by atoms with Gasteiger partial charge >= 0.3 is 12.4 Å². The molecule has 1 aromatic rings. The zero-order chi connectivity index (χ0) is 20.3. The molecule has 1 aliphatic rings. The van der Waals surface area contributed by atoms with E-state index in [1.807, 2.05) is 0 Å². The summed E-state index contributed by atoms with van der Waals surface area (Å²) in [6.07, 6.45) is -10.5. The molecular weight excluding hydrogens is 398 g/mol. The minimum atomic E-state index is -4.64. The summed E-state index contributed by atoms with van der Waals surface area (Å²) < 4.78 is 99.8. The summed E-state index contributed by atoms with van der Waals surface area (Å²) in [5.41, 5.74) is -1.10. The Balaban J connectivity index is 2.03. The van der Waals surface area contributed by atoms with Crippen molar-refractivity contribution in [2.45, 2.75) is 24.8 Å². The van der Waals surface area contributed by atoms with Crippen molar-refractivity contribution in [1.82, 2.24) is 10.2 Å². The van der Waals surface area contributed by atoms with Crippen molar-refractivity contribution in [1.29, 1.82) is 0 Å². The lowest BCUT2D eigenvalue weighted by molar-refractivity contribution is -0.140. The number of sulfone groups is 1. The van der Waals surface area contributed by atoms with Gasteiger partial charge in [0.15, 0.2) is 9.84 Å². The Morgan fingerprint density at radius 1 is 1.07 bits per heavy atom. The first-order chi connectivity index (χ1) is 12.4. The average Bonchev–Trinajstić information content (AvgIpc) is 2.54. The summed E-state index contributed by atoms with van der Waals surface area (Å²) in [6.45, 7) is 0.981. The second-order valence-corrected chi connectivity index (χ2v) is 8.75. The van der Waals surface area contributed by atoms with Crippen LogP contribution in [0.4, 0.5) is 26.3 Å². The third-order valence-electron chi connectivity index (χ3n) is 4.31. The van der Waals surface area contributed by atoms with Gasteiger partial charge in [0.1, 0.15) is 0 Å². The normalized spacial score (nSPS) is 19.8. The number of nitrogens with zero attached hydrogens (tertiary/aromatic N) is 1. The van der Waals surface area contributed by atoms with E-state index in [1.165, 1.54) is 6.07 Å². The van der Waals surface area contributed by atoms with Crippen molar-refractivity contribution in [3.8, 4) is 0 Å². The topological polar surface area (TPSA) is 49.4 Å². The molecule has 11 heteroatoms. The van der Waals surface area contributed by atoms with E-state index in [4.69, 9.17) is 0 Å². The molecule has 27 heavy (non-hydrogen) atoms. The lowest BCUT2D eigenvalue weighted by atomic mass is 10.0. The Bertz CT molecular complexity index is 719. The standard InChI is InChI=1S/C16H20F6N2O2S/c17-15(18,19)11-14(12-2-1-3-13(10-12)16(20,21)22)23-4-5-24-6-8-27(25,26)9-7-24/h1-3,10,14,23H,4-9,11H2. The molecule has 1 aliphatic heterocycles. The van der Waals surface area contributed by atoms with Crippen LogP contribution in [-0.2, 0) is 16.0 Å². The van der Waals surface area contributed by atoms with E-state index in [0.717, 1.165) is 18.2 Å². The van der Waals surface area contributed by atoms with Crippen molar-refractivity contribution in [2.75, 3.05) is 37.7 Å². The SMILES string of the molecule is O=S1(=O)CCN(CCNC(CC(F)(F)F)c2cccc(C(F)(F)F)c2)CC1. The van der Waals surface area contributed by atoms with Gasteiger partial charge in [0.25, 0.3) is 0 Å². The molecule has 0 saturated carbocycles. The van der Waals surface area contributed by atoms with E-state index in [1.54, 1.807) is 4.90 Å². The molecule has 1 N–H and O–H groups in total. The van der Waals surface area contributed by atoms with Crippen molar-refractivity contribution in [2.24, 2.45) is 0 Å². The average molecular weight is 418 g/mol. The summed E-state index contributed by atoms with van der Waals surface area (Å²) in [5, 5.41) is 2.66. The highest BCUT2D eigenvalue weighted by molar-refractivity contribution is 7.91. The highest BCUT2D eigenvalue weighted by atomic mass is 32.2. The maximum absolute atomic E-state index is 12.9. The molecule has 2 rings (SSSR count). The smallest absolute Gasteiger partial charge is 0.308 e. The summed E-state index contributed by atoms with van der Waals surface area (Å²) in [7, 11) is -3.06. The van der Waals surface area contributed by atoms with Gasteiger partial charge in [-0.15, -0.1) is 0 Å². The maximum Gasteiger partial charge on any atom is 0.416 e. The second-order valence-electron chi connectivity index (χ2n) is 6.44. The number of halogens is 6. The summed E-state index contributed by atoms with van der Waals surface area (Å²) >= 11 is 0. The molecule has 4 nitrogen and oxygen atoms in total. The van der Waals surface area contributed by atoms with Gasteiger partial charge in [-0.3, -0.25) is 0 Å². The van der Waals surface area contributed by atoms with Crippen LogP contribution in [-0.4, -0.2) is 57.2 Å². The van der Waals surface area contributed by atoms with E-state index < -0.39 is 40.2 Å². The van der Waals surface area contributed by atoms with Crippen LogP contribution in [0.15, 0.2) is 24.3 Å². The number of nitrogens with one attached hydrogen (secondary N) is 1. The molecule has 1 atom stereocenters. The van der Waals surface area contributed by atoms with Gasteiger partial charge in [-0.05, 0) is 17.7 Å². The van der Waals surface area contributed by atoms with Gasteiger partial charge in [0.05, 0.1) is 23.5 Å². The van der Waals surface area contributed by atoms with Gasteiger partial charge in [-0.2, -0.15) is 26.3 Å². The number of alkyl halides is 6. The Labute approximate surface area is 153 Å². The number of hydrogen-bond acceptors (Lipinski definition) is 4. The van der Waals surface area contributed by atoms with Crippen LogP contribution >= 0.6 is 0 Å². The van der Waals surface area contributed by atoms with Crippen molar-refractivity contribution in [3.05, 3.63) is 35.4 Å². The molecule has 0 radical (unpaired) electrons. The highest BCUT2D eigenvalue weighted by Gasteiger charge is 2.35. The molecule has 154 valence electrons. The molecular formula is C16H20F6N2O2S. The molecule has 0 aliphatic carbocycles. The predicted octanol–water partition coefficient (Wildman–Crippen LogP) is 3.02. The van der Waals surface area contributed by atoms with Gasteiger partial charge in [0.2, 0.25) is 0 Å². The molecule has 1 heterocycles. The zero-order valence-electron chi connectivity index (χ0n) is 14.3. The first-order valence-corrected chi connectivity index (χ1v) is 10.1. The van der Waals surface area contributed by atoms with E-state index in [0.29, 0.717) is 6.54 Å². The molecule has 0 aromatic heterocycles. The van der Waals surface area contributed by atoms with Crippen molar-refractivity contribution in [3.63, 3.8) is 0 Å². The minimum Gasteiger partial charge on any atom is -0.308 e. The highest BCUT2D eigenvalue weighted by Crippen LogP contribution is 2.34. The van der Waals surface area contributed by atoms with E-state index in [2.05, 4.69) is 5.32 Å². The molecule has 1 unspecified atom stereocenters. The van der Waals surface area contributed by atoms with Crippen LogP contribution in [0.5, 0.6) is 0 Å². The summed E-state index contributed by atoms with van der Waals surface area (Å²) in [4.78, 5) is 1.80. The maximum atomic E-state index is 12.9. The van der Waals surface area contributed by atoms with Crippen LogP contribution in [0.3, 0.4) is 0 Å². The number of rotatable bonds is 6. The van der Waals surface area contributed by atoms with Crippen LogP contribution in [0.25, 0.3) is 0 Å². The molecule has 0 amide bonds. The minimum absolute atomic E-state index is 0.00733. The van der Waals surface area contributed by atoms with E-state index in [-0.39, 0.29) is 36.7 Å².